The number of rotatable bonds is 42. The second-order valence-electron chi connectivity index (χ2n) is 18.2. The molecule has 0 rings (SSSR count). The molecule has 0 aliphatic rings. The van der Waals surface area contributed by atoms with Crippen molar-refractivity contribution in [1.29, 1.82) is 0 Å². The van der Waals surface area contributed by atoms with Gasteiger partial charge in [-0.3, -0.25) is 14.4 Å². The molecule has 0 saturated carbocycles. The average molecular weight is 779 g/mol. The Kier molecular flexibility index (Phi) is 39.4. The Morgan fingerprint density at radius 2 is 0.527 bits per heavy atom. The van der Waals surface area contributed by atoms with Gasteiger partial charge in [0.1, 0.15) is 13.2 Å². The molecule has 0 aromatic heterocycles. The van der Waals surface area contributed by atoms with Crippen LogP contribution in [0.5, 0.6) is 0 Å². The lowest BCUT2D eigenvalue weighted by Gasteiger charge is -2.18. The summed E-state index contributed by atoms with van der Waals surface area (Å²) >= 11 is 0. The third-order valence-corrected chi connectivity index (χ3v) is 10.9. The molecule has 1 atom stereocenters. The minimum Gasteiger partial charge on any atom is -0.462 e. The number of ether oxygens (including phenoxy) is 3. The topological polar surface area (TPSA) is 78.9 Å². The lowest BCUT2D eigenvalue weighted by atomic mass is 10.0. The summed E-state index contributed by atoms with van der Waals surface area (Å²) in [7, 11) is 0. The first-order chi connectivity index (χ1) is 26.6. The first-order valence-corrected chi connectivity index (χ1v) is 24.1. The van der Waals surface area contributed by atoms with Crippen LogP contribution in [0.15, 0.2) is 0 Å². The van der Waals surface area contributed by atoms with Gasteiger partial charge in [0.2, 0.25) is 0 Å². The maximum atomic E-state index is 12.7. The summed E-state index contributed by atoms with van der Waals surface area (Å²) in [4.78, 5) is 37.8. The number of unbranched alkanes of at least 4 members (excludes halogenated alkanes) is 25. The second-order valence-corrected chi connectivity index (χ2v) is 18.2. The smallest absolute Gasteiger partial charge is 0.306 e. The molecule has 6 heteroatoms. The van der Waals surface area contributed by atoms with Crippen LogP contribution in [-0.2, 0) is 28.6 Å². The predicted octanol–water partition coefficient (Wildman–Crippen LogP) is 15.2. The molecule has 0 spiro atoms. The molecule has 326 valence electrons. The highest BCUT2D eigenvalue weighted by Gasteiger charge is 2.19. The van der Waals surface area contributed by atoms with Crippen LogP contribution in [0.25, 0.3) is 0 Å². The van der Waals surface area contributed by atoms with Crippen LogP contribution in [-0.4, -0.2) is 37.2 Å². The van der Waals surface area contributed by atoms with Crippen molar-refractivity contribution in [3.8, 4) is 0 Å². The van der Waals surface area contributed by atoms with Gasteiger partial charge in [0, 0.05) is 19.3 Å². The van der Waals surface area contributed by atoms with Gasteiger partial charge < -0.3 is 14.2 Å². The number of hydrogen-bond acceptors (Lipinski definition) is 6. The van der Waals surface area contributed by atoms with Crippen molar-refractivity contribution in [2.24, 2.45) is 17.8 Å². The maximum absolute atomic E-state index is 12.7. The SMILES string of the molecule is CC(C)CCCCCCCCCCCCCCCC(=O)O[C@@H](COC(=O)CCCCCCCCCCC(C)C)COC(=O)CCCCCCCCCC(C)C. The van der Waals surface area contributed by atoms with E-state index in [1.165, 1.54) is 141 Å². The first kappa shape index (κ1) is 53.4. The van der Waals surface area contributed by atoms with Gasteiger partial charge in [0.15, 0.2) is 6.10 Å². The van der Waals surface area contributed by atoms with E-state index in [9.17, 15) is 14.4 Å². The lowest BCUT2D eigenvalue weighted by molar-refractivity contribution is -0.167. The van der Waals surface area contributed by atoms with Gasteiger partial charge in [-0.15, -0.1) is 0 Å². The molecule has 0 aromatic carbocycles. The van der Waals surface area contributed by atoms with E-state index in [1.54, 1.807) is 0 Å². The molecule has 6 nitrogen and oxygen atoms in total. The van der Waals surface area contributed by atoms with Crippen molar-refractivity contribution < 1.29 is 28.6 Å². The third kappa shape index (κ3) is 43.4. The van der Waals surface area contributed by atoms with Gasteiger partial charge in [-0.1, -0.05) is 221 Å². The monoisotopic (exact) mass is 779 g/mol. The zero-order valence-electron chi connectivity index (χ0n) is 37.7. The molecule has 0 aromatic rings. The van der Waals surface area contributed by atoms with Crippen molar-refractivity contribution >= 4 is 17.9 Å². The lowest BCUT2D eigenvalue weighted by Crippen LogP contribution is -2.30. The van der Waals surface area contributed by atoms with E-state index in [0.717, 1.165) is 75.5 Å². The van der Waals surface area contributed by atoms with Crippen molar-refractivity contribution in [2.75, 3.05) is 13.2 Å². The van der Waals surface area contributed by atoms with Gasteiger partial charge in [-0.25, -0.2) is 0 Å². The summed E-state index contributed by atoms with van der Waals surface area (Å²) in [5, 5.41) is 0. The molecule has 0 fully saturated rings. The number of carbonyl (C=O) groups is 3. The van der Waals surface area contributed by atoms with Crippen molar-refractivity contribution in [3.05, 3.63) is 0 Å². The van der Waals surface area contributed by atoms with Gasteiger partial charge >= 0.3 is 17.9 Å². The molecule has 0 aliphatic heterocycles. The molecule has 0 saturated heterocycles. The van der Waals surface area contributed by atoms with Gasteiger partial charge in [-0.2, -0.15) is 0 Å². The van der Waals surface area contributed by atoms with E-state index in [4.69, 9.17) is 14.2 Å². The third-order valence-electron chi connectivity index (χ3n) is 10.9. The summed E-state index contributed by atoms with van der Waals surface area (Å²) in [6, 6.07) is 0. The van der Waals surface area contributed by atoms with E-state index in [0.29, 0.717) is 19.3 Å². The van der Waals surface area contributed by atoms with Gasteiger partial charge in [0.05, 0.1) is 0 Å². The second kappa shape index (κ2) is 40.6. The molecule has 0 N–H and O–H groups in total. The fourth-order valence-electron chi connectivity index (χ4n) is 7.23. The van der Waals surface area contributed by atoms with Crippen LogP contribution < -0.4 is 0 Å². The van der Waals surface area contributed by atoms with Crippen molar-refractivity contribution in [2.45, 2.75) is 266 Å². The van der Waals surface area contributed by atoms with E-state index in [-0.39, 0.29) is 31.1 Å². The molecule has 0 radical (unpaired) electrons. The summed E-state index contributed by atoms with van der Waals surface area (Å²) in [5.74, 6) is 1.55. The fourth-order valence-corrected chi connectivity index (χ4v) is 7.23. The van der Waals surface area contributed by atoms with Crippen LogP contribution in [0.4, 0.5) is 0 Å². The Bertz CT molecular complexity index is 852. The minimum atomic E-state index is -0.762. The Hall–Kier alpha value is -1.59. The van der Waals surface area contributed by atoms with E-state index in [1.807, 2.05) is 0 Å². The average Bonchev–Trinajstić information content (AvgIpc) is 3.13. The van der Waals surface area contributed by atoms with E-state index in [2.05, 4.69) is 41.5 Å². The van der Waals surface area contributed by atoms with E-state index >= 15 is 0 Å². The highest BCUT2D eigenvalue weighted by Crippen LogP contribution is 2.17. The first-order valence-electron chi connectivity index (χ1n) is 24.1. The standard InChI is InChI=1S/C49H94O6/c1-43(2)35-29-23-17-12-10-8-7-9-11-13-21-28-34-40-49(52)55-46(42-54-48(51)39-33-27-22-16-19-25-31-37-45(5)6)41-53-47(50)38-32-26-20-15-14-18-24-30-36-44(3)4/h43-46H,7-42H2,1-6H3/t46-/m0/s1. The van der Waals surface area contributed by atoms with Crippen LogP contribution >= 0.6 is 0 Å². The van der Waals surface area contributed by atoms with Gasteiger partial charge in [0.25, 0.3) is 0 Å². The van der Waals surface area contributed by atoms with Crippen LogP contribution in [0.3, 0.4) is 0 Å². The molecular formula is C49H94O6. The summed E-state index contributed by atoms with van der Waals surface area (Å²) in [6.45, 7) is 13.6. The van der Waals surface area contributed by atoms with E-state index < -0.39 is 6.10 Å². The Labute approximate surface area is 342 Å². The molecule has 0 bridgehead atoms. The normalized spacial score (nSPS) is 12.2. The molecule has 0 aliphatic carbocycles. The molecule has 55 heavy (non-hydrogen) atoms. The Balaban J connectivity index is 4.31. The summed E-state index contributed by atoms with van der Waals surface area (Å²) < 4.78 is 16.7. The van der Waals surface area contributed by atoms with Crippen molar-refractivity contribution in [1.82, 2.24) is 0 Å². The highest BCUT2D eigenvalue weighted by molar-refractivity contribution is 5.71. The van der Waals surface area contributed by atoms with Gasteiger partial charge in [-0.05, 0) is 37.0 Å². The van der Waals surface area contributed by atoms with Crippen LogP contribution in [0.1, 0.15) is 260 Å². The Morgan fingerprint density at radius 3 is 0.782 bits per heavy atom. The Morgan fingerprint density at radius 1 is 0.309 bits per heavy atom. The summed E-state index contributed by atoms with van der Waals surface area (Å²) in [5.41, 5.74) is 0. The fraction of sp³-hybridized carbons (Fsp3) is 0.939. The largest absolute Gasteiger partial charge is 0.462 e. The van der Waals surface area contributed by atoms with Crippen LogP contribution in [0, 0.1) is 17.8 Å². The number of hydrogen-bond donors (Lipinski definition) is 0. The number of esters is 3. The quantitative estimate of drug-likeness (QED) is 0.0349. The molecule has 0 heterocycles. The predicted molar refractivity (Wildman–Crippen MR) is 233 cm³/mol. The number of carbonyl (C=O) groups excluding carboxylic acids is 3. The zero-order valence-corrected chi connectivity index (χ0v) is 37.7. The minimum absolute atomic E-state index is 0.0663. The summed E-state index contributed by atoms with van der Waals surface area (Å²) in [6.07, 6.45) is 38.2. The molecule has 0 unspecified atom stereocenters. The molecule has 0 amide bonds. The molecular weight excluding hydrogens is 685 g/mol. The van der Waals surface area contributed by atoms with Crippen molar-refractivity contribution in [3.63, 3.8) is 0 Å². The zero-order chi connectivity index (χ0) is 40.6. The highest BCUT2D eigenvalue weighted by atomic mass is 16.6. The maximum Gasteiger partial charge on any atom is 0.306 e. The van der Waals surface area contributed by atoms with Crippen LogP contribution in [0.2, 0.25) is 0 Å².